The summed E-state index contributed by atoms with van der Waals surface area (Å²) in [6.07, 6.45) is 11.8. The molecule has 0 spiro atoms. The van der Waals surface area contributed by atoms with Crippen LogP contribution in [0.1, 0.15) is 47.8 Å². The lowest BCUT2D eigenvalue weighted by Gasteiger charge is -2.22. The topological polar surface area (TPSA) is 76.5 Å². The lowest BCUT2D eigenvalue weighted by molar-refractivity contribution is -0.126. The molecule has 2 aliphatic heterocycles. The van der Waals surface area contributed by atoms with E-state index >= 15 is 0 Å². The zero-order valence-electron chi connectivity index (χ0n) is 17.4. The Balaban J connectivity index is 1.48. The number of aryl methyl sites for hydroxylation is 1. The minimum atomic E-state index is 0.0222. The van der Waals surface area contributed by atoms with Crippen molar-refractivity contribution >= 4 is 17.4 Å². The molecule has 156 valence electrons. The molecule has 1 aromatic carbocycles. The standard InChI is InChI=1S/C24H23N5O2/c1-15-11-26-24(31-15)19-5-2-4-18-17(19)6-3-9-29-21(18)10-22(25-12-23(29)30)28-13-20(27-14-28)16-7-8-16/h2,4-5,10-11,13-14,16H,3,6-9,12H2,1H3. The average Bonchev–Trinajstić information content (AvgIpc) is 3.44. The maximum atomic E-state index is 13.0. The van der Waals surface area contributed by atoms with Crippen LogP contribution in [0.3, 0.4) is 0 Å². The number of amides is 1. The van der Waals surface area contributed by atoms with Gasteiger partial charge in [-0.2, -0.15) is 0 Å². The number of aromatic nitrogens is 3. The molecule has 0 atom stereocenters. The van der Waals surface area contributed by atoms with Crippen molar-refractivity contribution < 1.29 is 9.21 Å². The van der Waals surface area contributed by atoms with E-state index in [1.54, 1.807) is 6.20 Å². The predicted octanol–water partition coefficient (Wildman–Crippen LogP) is 3.80. The van der Waals surface area contributed by atoms with Gasteiger partial charge in [-0.05, 0) is 44.2 Å². The highest BCUT2D eigenvalue weighted by Crippen LogP contribution is 2.39. The summed E-state index contributed by atoms with van der Waals surface area (Å²) < 4.78 is 7.78. The molecule has 6 rings (SSSR count). The first-order valence-electron chi connectivity index (χ1n) is 10.8. The van der Waals surface area contributed by atoms with Crippen LogP contribution < -0.4 is 0 Å². The number of carbonyl (C=O) groups excluding carboxylic acids is 1. The highest BCUT2D eigenvalue weighted by atomic mass is 16.4. The molecule has 3 aromatic rings. The van der Waals surface area contributed by atoms with E-state index in [-0.39, 0.29) is 12.5 Å². The number of rotatable bonds is 2. The van der Waals surface area contributed by atoms with Gasteiger partial charge in [0.25, 0.3) is 0 Å². The van der Waals surface area contributed by atoms with E-state index in [1.165, 1.54) is 12.8 Å². The van der Waals surface area contributed by atoms with Crippen molar-refractivity contribution in [1.29, 1.82) is 0 Å². The highest BCUT2D eigenvalue weighted by Gasteiger charge is 2.30. The van der Waals surface area contributed by atoms with Gasteiger partial charge in [-0.25, -0.2) is 9.97 Å². The number of fused-ring (bicyclic) bond motifs is 3. The molecule has 31 heavy (non-hydrogen) atoms. The number of nitrogens with zero attached hydrogens (tertiary/aromatic N) is 5. The van der Waals surface area contributed by atoms with Gasteiger partial charge in [0.15, 0.2) is 0 Å². The SMILES string of the molecule is Cc1cnc(-c2cccc3c2CCCN2C(=O)CN=C(n4cnc(C5CC5)c4)C=C32)o1. The van der Waals surface area contributed by atoms with Crippen LogP contribution in [0.25, 0.3) is 17.2 Å². The number of allylic oxidation sites excluding steroid dienone is 1. The molecule has 0 N–H and O–H groups in total. The van der Waals surface area contributed by atoms with E-state index < -0.39 is 0 Å². The van der Waals surface area contributed by atoms with Crippen molar-refractivity contribution in [3.63, 3.8) is 0 Å². The molecular formula is C24H23N5O2. The molecule has 3 aliphatic rings. The number of benzene rings is 1. The third-order valence-electron chi connectivity index (χ3n) is 6.21. The zero-order chi connectivity index (χ0) is 20.9. The molecular weight excluding hydrogens is 390 g/mol. The quantitative estimate of drug-likeness (QED) is 0.640. The Morgan fingerprint density at radius 1 is 1.16 bits per heavy atom. The van der Waals surface area contributed by atoms with Gasteiger partial charge in [0.2, 0.25) is 11.8 Å². The Labute approximate surface area is 180 Å². The van der Waals surface area contributed by atoms with Gasteiger partial charge in [0.1, 0.15) is 24.5 Å². The molecule has 0 saturated heterocycles. The Morgan fingerprint density at radius 3 is 2.84 bits per heavy atom. The molecule has 0 unspecified atom stereocenters. The van der Waals surface area contributed by atoms with E-state index in [0.29, 0.717) is 18.4 Å². The summed E-state index contributed by atoms with van der Waals surface area (Å²) in [5.41, 5.74) is 5.19. The van der Waals surface area contributed by atoms with Crippen LogP contribution >= 0.6 is 0 Å². The Kier molecular flexibility index (Phi) is 4.16. The number of oxazole rings is 1. The monoisotopic (exact) mass is 413 g/mol. The van der Waals surface area contributed by atoms with Gasteiger partial charge in [-0.15, -0.1) is 0 Å². The Bertz CT molecular complexity index is 1240. The largest absolute Gasteiger partial charge is 0.441 e. The van der Waals surface area contributed by atoms with Crippen molar-refractivity contribution in [3.05, 3.63) is 65.6 Å². The predicted molar refractivity (Wildman–Crippen MR) is 117 cm³/mol. The second-order valence-electron chi connectivity index (χ2n) is 8.44. The van der Waals surface area contributed by atoms with Gasteiger partial charge in [0, 0.05) is 35.9 Å². The second-order valence-corrected chi connectivity index (χ2v) is 8.44. The first-order valence-corrected chi connectivity index (χ1v) is 10.8. The third kappa shape index (κ3) is 3.21. The maximum Gasteiger partial charge on any atom is 0.248 e. The van der Waals surface area contributed by atoms with Gasteiger partial charge in [-0.3, -0.25) is 14.4 Å². The summed E-state index contributed by atoms with van der Waals surface area (Å²) in [5, 5.41) is 0. The van der Waals surface area contributed by atoms with Crippen LogP contribution in [-0.2, 0) is 11.2 Å². The van der Waals surface area contributed by atoms with E-state index in [2.05, 4.69) is 27.2 Å². The van der Waals surface area contributed by atoms with Crippen LogP contribution in [0.2, 0.25) is 0 Å². The molecule has 4 heterocycles. The first-order chi connectivity index (χ1) is 15.2. The molecule has 7 nitrogen and oxygen atoms in total. The van der Waals surface area contributed by atoms with Crippen LogP contribution in [0.5, 0.6) is 0 Å². The number of imidazole rings is 1. The summed E-state index contributed by atoms with van der Waals surface area (Å²) in [7, 11) is 0. The first kappa shape index (κ1) is 18.3. The number of carbonyl (C=O) groups is 1. The fraction of sp³-hybridized carbons (Fsp3) is 0.333. The van der Waals surface area contributed by atoms with Crippen LogP contribution in [-0.4, -0.2) is 44.3 Å². The lowest BCUT2D eigenvalue weighted by Crippen LogP contribution is -2.30. The summed E-state index contributed by atoms with van der Waals surface area (Å²) in [6.45, 7) is 2.71. The van der Waals surface area contributed by atoms with Crippen molar-refractivity contribution in [2.45, 2.75) is 38.5 Å². The lowest BCUT2D eigenvalue weighted by atomic mass is 9.95. The minimum absolute atomic E-state index is 0.0222. The number of hydrogen-bond acceptors (Lipinski definition) is 5. The zero-order valence-corrected chi connectivity index (χ0v) is 17.4. The fourth-order valence-electron chi connectivity index (χ4n) is 4.48. The number of hydrogen-bond donors (Lipinski definition) is 0. The van der Waals surface area contributed by atoms with Crippen LogP contribution in [0, 0.1) is 6.92 Å². The third-order valence-corrected chi connectivity index (χ3v) is 6.21. The molecule has 1 saturated carbocycles. The highest BCUT2D eigenvalue weighted by molar-refractivity contribution is 6.06. The van der Waals surface area contributed by atoms with Crippen molar-refractivity contribution in [2.24, 2.45) is 4.99 Å². The van der Waals surface area contributed by atoms with Crippen molar-refractivity contribution in [1.82, 2.24) is 19.4 Å². The van der Waals surface area contributed by atoms with E-state index in [4.69, 9.17) is 4.42 Å². The maximum absolute atomic E-state index is 13.0. The minimum Gasteiger partial charge on any atom is -0.441 e. The number of aliphatic imine (C=N–C) groups is 1. The molecule has 7 heteroatoms. The fourth-order valence-corrected chi connectivity index (χ4v) is 4.48. The molecule has 0 bridgehead atoms. The second kappa shape index (κ2) is 7.04. The summed E-state index contributed by atoms with van der Waals surface area (Å²) in [6, 6.07) is 6.14. The summed E-state index contributed by atoms with van der Waals surface area (Å²) in [5.74, 6) is 2.75. The average molecular weight is 413 g/mol. The molecule has 1 amide bonds. The summed E-state index contributed by atoms with van der Waals surface area (Å²) in [4.78, 5) is 28.5. The molecule has 0 radical (unpaired) electrons. The Hall–Kier alpha value is -3.48. The van der Waals surface area contributed by atoms with E-state index in [0.717, 1.165) is 52.5 Å². The van der Waals surface area contributed by atoms with E-state index in [1.807, 2.05) is 40.9 Å². The summed E-state index contributed by atoms with van der Waals surface area (Å²) >= 11 is 0. The van der Waals surface area contributed by atoms with Crippen molar-refractivity contribution in [2.75, 3.05) is 13.1 Å². The van der Waals surface area contributed by atoms with Crippen molar-refractivity contribution in [3.8, 4) is 11.5 Å². The molecule has 1 aliphatic carbocycles. The van der Waals surface area contributed by atoms with Gasteiger partial charge in [-0.1, -0.05) is 12.1 Å². The Morgan fingerprint density at radius 2 is 2.03 bits per heavy atom. The van der Waals surface area contributed by atoms with Gasteiger partial charge in [0.05, 0.1) is 17.6 Å². The molecule has 1 fully saturated rings. The van der Waals surface area contributed by atoms with Crippen LogP contribution in [0.4, 0.5) is 0 Å². The van der Waals surface area contributed by atoms with Gasteiger partial charge < -0.3 is 9.32 Å². The van der Waals surface area contributed by atoms with Crippen LogP contribution in [0.15, 0.2) is 52.4 Å². The molecule has 2 aromatic heterocycles. The van der Waals surface area contributed by atoms with Gasteiger partial charge >= 0.3 is 0 Å². The smallest absolute Gasteiger partial charge is 0.248 e. The normalized spacial score (nSPS) is 18.6. The van der Waals surface area contributed by atoms with E-state index in [9.17, 15) is 4.79 Å².